The van der Waals surface area contributed by atoms with Gasteiger partial charge in [-0.3, -0.25) is 0 Å². The van der Waals surface area contributed by atoms with Gasteiger partial charge in [-0.1, -0.05) is 19.3 Å². The molecule has 0 radical (unpaired) electrons. The van der Waals surface area contributed by atoms with E-state index in [1.54, 1.807) is 0 Å². The molecule has 98 valence electrons. The Balaban J connectivity index is -0.00000112. The molecule has 0 unspecified atom stereocenters. The minimum Gasteiger partial charge on any atom is -0.746 e. The Kier molecular flexibility index (Phi) is 21.9. The van der Waals surface area contributed by atoms with Crippen LogP contribution in [0.1, 0.15) is 38.5 Å². The van der Waals surface area contributed by atoms with Gasteiger partial charge in [0, 0.05) is 6.42 Å². The van der Waals surface area contributed by atoms with Crippen molar-refractivity contribution < 1.29 is 72.4 Å². The Morgan fingerprint density at radius 3 is 1.83 bits per heavy atom. The first kappa shape index (κ1) is 25.2. The van der Waals surface area contributed by atoms with Crippen LogP contribution >= 0.6 is 0 Å². The van der Waals surface area contributed by atoms with Crippen LogP contribution in [0.4, 0.5) is 0 Å². The number of hydrogen-bond acceptors (Lipinski definition) is 4. The van der Waals surface area contributed by atoms with Crippen LogP contribution in [0.3, 0.4) is 0 Å². The average Bonchev–Trinajstić information content (AvgIpc) is 2.13. The van der Waals surface area contributed by atoms with Crippen molar-refractivity contribution in [3.05, 3.63) is 0 Å². The van der Waals surface area contributed by atoms with Gasteiger partial charge in [0.2, 0.25) is 10.3 Å². The third-order valence-electron chi connectivity index (χ3n) is 2.23. The van der Waals surface area contributed by atoms with E-state index in [1.807, 2.05) is 0 Å². The van der Waals surface area contributed by atoms with E-state index < -0.39 is 9.05 Å². The molecule has 0 heterocycles. The summed E-state index contributed by atoms with van der Waals surface area (Å²) in [6.07, 6.45) is 6.61. The van der Waals surface area contributed by atoms with Crippen LogP contribution in [0.5, 0.6) is 0 Å². The van der Waals surface area contributed by atoms with Gasteiger partial charge in [-0.2, -0.15) is 0 Å². The molecule has 4 nitrogen and oxygen atoms in total. The van der Waals surface area contributed by atoms with Gasteiger partial charge < -0.3 is 14.0 Å². The maximum atomic E-state index is 10.3. The molecule has 0 rings (SSSR count). The van der Waals surface area contributed by atoms with Crippen molar-refractivity contribution >= 4 is 19.4 Å². The Morgan fingerprint density at radius 1 is 0.944 bits per heavy atom. The van der Waals surface area contributed by atoms with E-state index in [4.69, 9.17) is 0 Å². The van der Waals surface area contributed by atoms with Crippen molar-refractivity contribution in [2.45, 2.75) is 38.5 Å². The molecule has 0 saturated carbocycles. The van der Waals surface area contributed by atoms with Crippen molar-refractivity contribution in [2.24, 2.45) is 0 Å². The zero-order valence-electron chi connectivity index (χ0n) is 12.1. The topological polar surface area (TPSA) is 66.4 Å². The first-order valence-electron chi connectivity index (χ1n) is 5.67. The minimum atomic E-state index is -4.07. The standard InChI is InChI=1S/C10H23NO3S2.2Na/c1-11(2)9-7-5-3-4-6-8-10-15-16(12,13)14;;/h3-10H2,1-2H3,(H-,12,13,14);;/q;2*+1/p-1. The molecule has 0 aromatic carbocycles. The summed E-state index contributed by atoms with van der Waals surface area (Å²) in [5.74, 6) is 0.434. The van der Waals surface area contributed by atoms with Gasteiger partial charge in [0.1, 0.15) is 0 Å². The molecule has 8 heteroatoms. The Morgan fingerprint density at radius 2 is 1.39 bits per heavy atom. The molecular formula is C10H22NNa2O3S2+. The predicted octanol–water partition coefficient (Wildman–Crippen LogP) is -4.56. The number of rotatable bonds is 9. The van der Waals surface area contributed by atoms with E-state index in [0.29, 0.717) is 16.1 Å². The predicted molar refractivity (Wildman–Crippen MR) is 68.2 cm³/mol. The van der Waals surface area contributed by atoms with Crippen molar-refractivity contribution in [3.8, 4) is 0 Å². The van der Waals surface area contributed by atoms with Gasteiger partial charge in [0.05, 0.1) is 9.05 Å². The second kappa shape index (κ2) is 15.6. The van der Waals surface area contributed by atoms with Crippen molar-refractivity contribution in [2.75, 3.05) is 26.4 Å². The van der Waals surface area contributed by atoms with Crippen LogP contribution in [0, 0.1) is 0 Å². The molecule has 0 spiro atoms. The second-order valence-electron chi connectivity index (χ2n) is 4.15. The fourth-order valence-corrected chi connectivity index (χ4v) is 2.89. The molecular weight excluding hydrogens is 292 g/mol. The molecule has 0 amide bonds. The van der Waals surface area contributed by atoms with Gasteiger partial charge >= 0.3 is 59.1 Å². The number of hydrogen-bond donors (Lipinski definition) is 0. The molecule has 18 heavy (non-hydrogen) atoms. The summed E-state index contributed by atoms with van der Waals surface area (Å²) in [6.45, 7) is 1.13. The molecule has 0 aliphatic carbocycles. The first-order valence-corrected chi connectivity index (χ1v) is 8.58. The summed E-state index contributed by atoms with van der Waals surface area (Å²) >= 11 is 0. The summed E-state index contributed by atoms with van der Waals surface area (Å²) in [4.78, 5) is 2.18. The number of nitrogens with zero attached hydrogens (tertiary/aromatic N) is 1. The first-order chi connectivity index (χ1) is 7.42. The quantitative estimate of drug-likeness (QED) is 0.244. The molecule has 0 saturated heterocycles. The van der Waals surface area contributed by atoms with Gasteiger partial charge in [-0.15, -0.1) is 0 Å². The van der Waals surface area contributed by atoms with Crippen LogP contribution in [-0.2, 0) is 19.4 Å². The monoisotopic (exact) mass is 314 g/mol. The summed E-state index contributed by atoms with van der Waals surface area (Å²) in [7, 11) is 0.582. The van der Waals surface area contributed by atoms with Gasteiger partial charge in [0.15, 0.2) is 5.75 Å². The van der Waals surface area contributed by atoms with Crippen LogP contribution in [0.25, 0.3) is 0 Å². The number of unbranched alkanes of at least 4 members (excludes halogenated alkanes) is 5. The van der Waals surface area contributed by atoms with E-state index in [-0.39, 0.29) is 59.1 Å². The molecule has 0 fully saturated rings. The SMILES string of the molecule is CN(C)CCCCCCCC[S+]=S(=O)([O-])[O-].[Na+].[Na+]. The fraction of sp³-hybridized carbons (Fsp3) is 1.00. The van der Waals surface area contributed by atoms with Crippen LogP contribution in [-0.4, -0.2) is 44.6 Å². The summed E-state index contributed by atoms with van der Waals surface area (Å²) in [5.41, 5.74) is 0. The van der Waals surface area contributed by atoms with E-state index in [0.717, 1.165) is 25.8 Å². The molecule has 0 N–H and O–H groups in total. The molecule has 0 aliphatic rings. The minimum absolute atomic E-state index is 0. The largest absolute Gasteiger partial charge is 1.00 e. The summed E-state index contributed by atoms with van der Waals surface area (Å²) in [5, 5.41) is 0. The van der Waals surface area contributed by atoms with E-state index >= 15 is 0 Å². The zero-order valence-corrected chi connectivity index (χ0v) is 17.8. The molecule has 0 aromatic rings. The Bertz CT molecular complexity index is 274. The maximum absolute atomic E-state index is 10.3. The van der Waals surface area contributed by atoms with Crippen LogP contribution in [0.15, 0.2) is 0 Å². The van der Waals surface area contributed by atoms with Gasteiger partial charge in [0.25, 0.3) is 0 Å². The smallest absolute Gasteiger partial charge is 0.746 e. The third kappa shape index (κ3) is 23.4. The van der Waals surface area contributed by atoms with E-state index in [9.17, 15) is 13.3 Å². The van der Waals surface area contributed by atoms with E-state index in [2.05, 4.69) is 19.0 Å². The fourth-order valence-electron chi connectivity index (χ4n) is 1.40. The maximum Gasteiger partial charge on any atom is 1.00 e. The van der Waals surface area contributed by atoms with Crippen molar-refractivity contribution in [3.63, 3.8) is 0 Å². The van der Waals surface area contributed by atoms with E-state index in [1.165, 1.54) is 19.3 Å². The Hall–Kier alpha value is 2.25. The van der Waals surface area contributed by atoms with Crippen molar-refractivity contribution in [1.29, 1.82) is 0 Å². The zero-order chi connectivity index (χ0) is 12.4. The van der Waals surface area contributed by atoms with Crippen LogP contribution in [0.2, 0.25) is 0 Å². The summed E-state index contributed by atoms with van der Waals surface area (Å²) in [6, 6.07) is 0. The normalized spacial score (nSPS) is 10.7. The average molecular weight is 314 g/mol. The molecule has 0 atom stereocenters. The van der Waals surface area contributed by atoms with Crippen molar-refractivity contribution in [1.82, 2.24) is 4.90 Å². The second-order valence-corrected chi connectivity index (χ2v) is 7.55. The van der Waals surface area contributed by atoms with Gasteiger partial charge in [-0.25, -0.2) is 4.21 Å². The summed E-state index contributed by atoms with van der Waals surface area (Å²) < 4.78 is 30.8. The van der Waals surface area contributed by atoms with Crippen LogP contribution < -0.4 is 59.1 Å². The molecule has 0 bridgehead atoms. The molecule has 0 aliphatic heterocycles. The third-order valence-corrected chi connectivity index (χ3v) is 4.34. The molecule has 0 aromatic heterocycles. The Labute approximate surface area is 160 Å². The van der Waals surface area contributed by atoms with Gasteiger partial charge in [-0.05, 0) is 33.5 Å².